The van der Waals surface area contributed by atoms with Crippen LogP contribution in [-0.4, -0.2) is 44.3 Å². The molecular weight excluding hydrogens is 234 g/mol. The Balaban J connectivity index is 2.10. The minimum absolute atomic E-state index is 0.0198. The van der Waals surface area contributed by atoms with Gasteiger partial charge in [0.05, 0.1) is 6.42 Å². The van der Waals surface area contributed by atoms with Crippen molar-refractivity contribution in [3.05, 3.63) is 17.5 Å². The summed E-state index contributed by atoms with van der Waals surface area (Å²) in [7, 11) is 1.78. The highest BCUT2D eigenvalue weighted by Gasteiger charge is 2.34. The molecule has 0 bridgehead atoms. The number of carbonyl (C=O) groups excluding carboxylic acids is 1. The van der Waals surface area contributed by atoms with Gasteiger partial charge in [-0.2, -0.15) is 5.10 Å². The van der Waals surface area contributed by atoms with Crippen molar-refractivity contribution in [3.8, 4) is 0 Å². The van der Waals surface area contributed by atoms with Gasteiger partial charge in [-0.25, -0.2) is 0 Å². The summed E-state index contributed by atoms with van der Waals surface area (Å²) in [5.41, 5.74) is 1.31. The fraction of sp³-hybridized carbons (Fsp3) is 0.583. The van der Waals surface area contributed by atoms with Crippen LogP contribution in [0.4, 0.5) is 0 Å². The molecule has 98 valence electrons. The second kappa shape index (κ2) is 4.80. The van der Waals surface area contributed by atoms with E-state index < -0.39 is 5.97 Å². The molecule has 2 rings (SSSR count). The number of rotatable bonds is 5. The Kier molecular flexibility index (Phi) is 3.36. The second-order valence-electron chi connectivity index (χ2n) is 4.67. The van der Waals surface area contributed by atoms with Gasteiger partial charge in [0.15, 0.2) is 5.69 Å². The van der Waals surface area contributed by atoms with Gasteiger partial charge in [-0.3, -0.25) is 14.3 Å². The predicted octanol–water partition coefficient (Wildman–Crippen LogP) is 0.808. The maximum atomic E-state index is 12.3. The molecule has 1 aliphatic rings. The highest BCUT2D eigenvalue weighted by molar-refractivity contribution is 5.93. The Bertz CT molecular complexity index is 457. The van der Waals surface area contributed by atoms with Crippen molar-refractivity contribution in [1.82, 2.24) is 14.7 Å². The zero-order valence-corrected chi connectivity index (χ0v) is 10.6. The topological polar surface area (TPSA) is 75.4 Å². The smallest absolute Gasteiger partial charge is 0.305 e. The monoisotopic (exact) mass is 251 g/mol. The van der Waals surface area contributed by atoms with Crippen LogP contribution >= 0.6 is 0 Å². The first-order valence-electron chi connectivity index (χ1n) is 6.02. The molecule has 0 unspecified atom stereocenters. The lowest BCUT2D eigenvalue weighted by Crippen LogP contribution is -2.35. The van der Waals surface area contributed by atoms with Crippen LogP contribution in [0.1, 0.15) is 35.4 Å². The van der Waals surface area contributed by atoms with Crippen LogP contribution in [-0.2, 0) is 11.8 Å². The normalized spacial score (nSPS) is 14.6. The third-order valence-corrected chi connectivity index (χ3v) is 3.15. The van der Waals surface area contributed by atoms with Gasteiger partial charge < -0.3 is 10.0 Å². The van der Waals surface area contributed by atoms with Gasteiger partial charge in [-0.15, -0.1) is 0 Å². The number of aromatic nitrogens is 2. The van der Waals surface area contributed by atoms with E-state index in [1.807, 2.05) is 6.92 Å². The quantitative estimate of drug-likeness (QED) is 0.840. The Morgan fingerprint density at radius 2 is 2.22 bits per heavy atom. The molecule has 0 aromatic carbocycles. The molecule has 0 saturated heterocycles. The summed E-state index contributed by atoms with van der Waals surface area (Å²) < 4.78 is 1.65. The lowest BCUT2D eigenvalue weighted by atomic mass is 10.3. The van der Waals surface area contributed by atoms with Crippen molar-refractivity contribution in [2.45, 2.75) is 32.2 Å². The summed E-state index contributed by atoms with van der Waals surface area (Å²) in [5, 5.41) is 12.9. The van der Waals surface area contributed by atoms with Crippen molar-refractivity contribution >= 4 is 11.9 Å². The summed E-state index contributed by atoms with van der Waals surface area (Å²) >= 11 is 0. The molecule has 1 saturated carbocycles. The fourth-order valence-electron chi connectivity index (χ4n) is 1.86. The molecular formula is C12H17N3O3. The molecule has 0 atom stereocenters. The maximum Gasteiger partial charge on any atom is 0.305 e. The van der Waals surface area contributed by atoms with Crippen LogP contribution in [0.2, 0.25) is 0 Å². The molecule has 1 N–H and O–H groups in total. The van der Waals surface area contributed by atoms with Crippen molar-refractivity contribution in [3.63, 3.8) is 0 Å². The first-order chi connectivity index (χ1) is 8.49. The van der Waals surface area contributed by atoms with E-state index in [9.17, 15) is 9.59 Å². The molecule has 1 fully saturated rings. The van der Waals surface area contributed by atoms with E-state index >= 15 is 0 Å². The highest BCUT2D eigenvalue weighted by atomic mass is 16.4. The molecule has 1 aliphatic carbocycles. The lowest BCUT2D eigenvalue weighted by molar-refractivity contribution is -0.137. The minimum atomic E-state index is -0.884. The van der Waals surface area contributed by atoms with Gasteiger partial charge >= 0.3 is 5.97 Å². The number of hydrogen-bond acceptors (Lipinski definition) is 3. The number of nitrogens with zero attached hydrogens (tertiary/aromatic N) is 3. The number of hydrogen-bond donors (Lipinski definition) is 1. The number of carboxylic acid groups (broad SMARTS) is 1. The molecule has 1 heterocycles. The van der Waals surface area contributed by atoms with Crippen molar-refractivity contribution in [2.75, 3.05) is 6.54 Å². The van der Waals surface area contributed by atoms with Crippen LogP contribution in [0.5, 0.6) is 0 Å². The summed E-state index contributed by atoms with van der Waals surface area (Å²) in [5.74, 6) is -1.05. The average molecular weight is 251 g/mol. The summed E-state index contributed by atoms with van der Waals surface area (Å²) in [6, 6.07) is 1.93. The van der Waals surface area contributed by atoms with E-state index in [4.69, 9.17) is 5.11 Å². The lowest BCUT2D eigenvalue weighted by Gasteiger charge is -2.20. The van der Waals surface area contributed by atoms with Crippen molar-refractivity contribution in [1.29, 1.82) is 0 Å². The number of carbonyl (C=O) groups is 2. The van der Waals surface area contributed by atoms with Crippen LogP contribution < -0.4 is 0 Å². The summed E-state index contributed by atoms with van der Waals surface area (Å²) in [6.07, 6.45) is 1.89. The second-order valence-corrected chi connectivity index (χ2v) is 4.67. The van der Waals surface area contributed by atoms with Gasteiger partial charge in [-0.1, -0.05) is 0 Å². The van der Waals surface area contributed by atoms with Crippen LogP contribution in [0.3, 0.4) is 0 Å². The zero-order valence-electron chi connectivity index (χ0n) is 10.6. The van der Waals surface area contributed by atoms with E-state index in [0.717, 1.165) is 18.5 Å². The Labute approximate surface area is 105 Å². The molecule has 6 heteroatoms. The van der Waals surface area contributed by atoms with Crippen LogP contribution in [0, 0.1) is 6.92 Å². The summed E-state index contributed by atoms with van der Waals surface area (Å²) in [4.78, 5) is 24.5. The molecule has 1 amide bonds. The van der Waals surface area contributed by atoms with E-state index in [-0.39, 0.29) is 24.9 Å². The van der Waals surface area contributed by atoms with Gasteiger partial charge in [0.1, 0.15) is 0 Å². The largest absolute Gasteiger partial charge is 0.481 e. The van der Waals surface area contributed by atoms with Crippen molar-refractivity contribution < 1.29 is 14.7 Å². The number of aliphatic carboxylic acids is 1. The zero-order chi connectivity index (χ0) is 13.3. The first-order valence-corrected chi connectivity index (χ1v) is 6.02. The molecule has 0 aliphatic heterocycles. The molecule has 1 aromatic rings. The van der Waals surface area contributed by atoms with E-state index in [1.165, 1.54) is 0 Å². The maximum absolute atomic E-state index is 12.3. The molecule has 18 heavy (non-hydrogen) atoms. The molecule has 6 nitrogen and oxygen atoms in total. The fourth-order valence-corrected chi connectivity index (χ4v) is 1.86. The number of amides is 1. The summed E-state index contributed by atoms with van der Waals surface area (Å²) in [6.45, 7) is 2.14. The van der Waals surface area contributed by atoms with Crippen molar-refractivity contribution in [2.24, 2.45) is 7.05 Å². The van der Waals surface area contributed by atoms with E-state index in [1.54, 1.807) is 22.7 Å². The average Bonchev–Trinajstić information content (AvgIpc) is 3.06. The third-order valence-electron chi connectivity index (χ3n) is 3.15. The molecule has 0 radical (unpaired) electrons. The first kappa shape index (κ1) is 12.6. The predicted molar refractivity (Wildman–Crippen MR) is 64.3 cm³/mol. The van der Waals surface area contributed by atoms with E-state index in [2.05, 4.69) is 5.10 Å². The third kappa shape index (κ3) is 2.69. The van der Waals surface area contributed by atoms with Crippen LogP contribution in [0.25, 0.3) is 0 Å². The number of carboxylic acids is 1. The Morgan fingerprint density at radius 3 is 2.67 bits per heavy atom. The highest BCUT2D eigenvalue weighted by Crippen LogP contribution is 2.28. The van der Waals surface area contributed by atoms with E-state index in [0.29, 0.717) is 5.69 Å². The Hall–Kier alpha value is -1.85. The number of aryl methyl sites for hydroxylation is 2. The van der Waals surface area contributed by atoms with Gasteiger partial charge in [0.25, 0.3) is 5.91 Å². The standard InChI is InChI=1S/C12H17N3O3/c1-8-7-10(13-14(8)2)12(18)15(9-3-4-9)6-5-11(16)17/h7,9H,3-6H2,1-2H3,(H,16,17). The SMILES string of the molecule is Cc1cc(C(=O)N(CCC(=O)O)C2CC2)nn1C. The van der Waals surface area contributed by atoms with Gasteiger partial charge in [-0.05, 0) is 25.8 Å². The van der Waals surface area contributed by atoms with Gasteiger partial charge in [0.2, 0.25) is 0 Å². The van der Waals surface area contributed by atoms with Crippen LogP contribution in [0.15, 0.2) is 6.07 Å². The Morgan fingerprint density at radius 1 is 1.56 bits per heavy atom. The molecule has 0 spiro atoms. The minimum Gasteiger partial charge on any atom is -0.481 e. The molecule has 1 aromatic heterocycles. The van der Waals surface area contributed by atoms with Gasteiger partial charge in [0, 0.05) is 25.3 Å².